The number of carbonyl (C=O) groups excluding carboxylic acids is 2. The van der Waals surface area contributed by atoms with Gasteiger partial charge in [-0.2, -0.15) is 4.98 Å². The summed E-state index contributed by atoms with van der Waals surface area (Å²) >= 11 is 1.41. The fourth-order valence-electron chi connectivity index (χ4n) is 6.87. The maximum absolute atomic E-state index is 14.0. The molecule has 1 spiro atoms. The van der Waals surface area contributed by atoms with Crippen LogP contribution in [0, 0.1) is 26.2 Å². The highest BCUT2D eigenvalue weighted by molar-refractivity contribution is 8.00. The fourth-order valence-corrected chi connectivity index (χ4v) is 7.50. The first kappa shape index (κ1) is 33.7. The summed E-state index contributed by atoms with van der Waals surface area (Å²) in [5.41, 5.74) is 5.97. The molecule has 2 N–H and O–H groups in total. The van der Waals surface area contributed by atoms with Crippen LogP contribution >= 0.6 is 11.9 Å². The topological polar surface area (TPSA) is 106 Å². The number of fused-ring (bicyclic) bond motifs is 4. The van der Waals surface area contributed by atoms with E-state index in [1.54, 1.807) is 0 Å². The van der Waals surface area contributed by atoms with Crippen molar-refractivity contribution in [2.75, 3.05) is 18.4 Å². The molecule has 2 aromatic carbocycles. The second-order valence-electron chi connectivity index (χ2n) is 14.0. The molecule has 3 aliphatic rings. The first-order valence-corrected chi connectivity index (χ1v) is 16.9. The van der Waals surface area contributed by atoms with E-state index in [1.165, 1.54) is 24.8 Å². The molecule has 46 heavy (non-hydrogen) atoms. The normalized spacial score (nSPS) is 24.0. The predicted molar refractivity (Wildman–Crippen MR) is 183 cm³/mol. The number of hydrogen-bond acceptors (Lipinski definition) is 9. The standard InChI is InChI=1S/C31H37N5O2S.C5H10O2/c1-18-8-6-9-19(2)26(18)27-21(4)28-34-30(33-27)35-39-25-11-7-10-22(12-25)29(37)36(20(3)17-38-28)24-15-31(16-24)13-23(14-31)32-5;1-5(2,3)7-4-6/h6-12,20,23-24,32H,13-17H2,1-5H3,(H,33,34,35);4H,1-3H3. The smallest absolute Gasteiger partial charge is 0.293 e. The van der Waals surface area contributed by atoms with E-state index in [0.29, 0.717) is 41.9 Å². The number of nitrogens with one attached hydrogen (secondary N) is 2. The fraction of sp³-hybridized carbons (Fsp3) is 0.500. The molecule has 1 aliphatic heterocycles. The van der Waals surface area contributed by atoms with Crippen LogP contribution in [0.1, 0.15) is 80.4 Å². The van der Waals surface area contributed by atoms with Crippen LogP contribution < -0.4 is 14.8 Å². The molecule has 6 rings (SSSR count). The summed E-state index contributed by atoms with van der Waals surface area (Å²) < 4.78 is 14.3. The van der Waals surface area contributed by atoms with Crippen molar-refractivity contribution in [3.8, 4) is 17.1 Å². The van der Waals surface area contributed by atoms with Crippen LogP contribution in [0.5, 0.6) is 5.88 Å². The van der Waals surface area contributed by atoms with E-state index in [1.807, 2.05) is 59.0 Å². The average molecular weight is 646 g/mol. The van der Waals surface area contributed by atoms with Gasteiger partial charge >= 0.3 is 0 Å². The molecule has 0 radical (unpaired) electrons. The lowest BCUT2D eigenvalue weighted by Gasteiger charge is -2.60. The lowest BCUT2D eigenvalue weighted by Crippen LogP contribution is -2.63. The first-order chi connectivity index (χ1) is 21.8. The van der Waals surface area contributed by atoms with Gasteiger partial charge in [-0.15, -0.1) is 0 Å². The summed E-state index contributed by atoms with van der Waals surface area (Å²) in [6.45, 7) is 14.6. The maximum atomic E-state index is 14.0. The number of nitrogens with zero attached hydrogens (tertiary/aromatic N) is 3. The van der Waals surface area contributed by atoms with Gasteiger partial charge in [0.25, 0.3) is 12.4 Å². The van der Waals surface area contributed by atoms with Crippen molar-refractivity contribution in [3.05, 3.63) is 64.7 Å². The molecule has 2 aliphatic carbocycles. The molecule has 1 amide bonds. The second kappa shape index (κ2) is 13.6. The molecule has 246 valence electrons. The van der Waals surface area contributed by atoms with Crippen molar-refractivity contribution < 1.29 is 19.1 Å². The highest BCUT2D eigenvalue weighted by atomic mass is 32.2. The van der Waals surface area contributed by atoms with E-state index in [0.717, 1.165) is 45.7 Å². The monoisotopic (exact) mass is 645 g/mol. The molecule has 2 fully saturated rings. The quantitative estimate of drug-likeness (QED) is 0.232. The van der Waals surface area contributed by atoms with Gasteiger partial charge in [0, 0.05) is 33.7 Å². The Balaban J connectivity index is 0.000000537. The van der Waals surface area contributed by atoms with Gasteiger partial charge in [-0.05, 0) is 128 Å². The van der Waals surface area contributed by atoms with Gasteiger partial charge in [-0.25, -0.2) is 4.98 Å². The molecule has 1 unspecified atom stereocenters. The zero-order valence-corrected chi connectivity index (χ0v) is 29.1. The number of benzene rings is 2. The number of aromatic nitrogens is 2. The molecule has 1 atom stereocenters. The molecule has 0 saturated heterocycles. The Bertz CT molecular complexity index is 1550. The zero-order chi connectivity index (χ0) is 33.2. The van der Waals surface area contributed by atoms with Gasteiger partial charge in [0.05, 0.1) is 11.7 Å². The lowest BCUT2D eigenvalue weighted by atomic mass is 9.51. The highest BCUT2D eigenvalue weighted by Crippen LogP contribution is 2.57. The molecule has 3 aromatic rings. The van der Waals surface area contributed by atoms with Crippen LogP contribution in [0.15, 0.2) is 47.4 Å². The van der Waals surface area contributed by atoms with E-state index < -0.39 is 0 Å². The van der Waals surface area contributed by atoms with Crippen LogP contribution in [0.2, 0.25) is 0 Å². The summed E-state index contributed by atoms with van der Waals surface area (Å²) in [7, 11) is 2.04. The van der Waals surface area contributed by atoms with Crippen molar-refractivity contribution in [2.24, 2.45) is 5.41 Å². The maximum Gasteiger partial charge on any atom is 0.293 e. The lowest BCUT2D eigenvalue weighted by molar-refractivity contribution is -0.138. The molecular weight excluding hydrogens is 598 g/mol. The van der Waals surface area contributed by atoms with Gasteiger partial charge in [0.2, 0.25) is 11.8 Å². The van der Waals surface area contributed by atoms with Crippen molar-refractivity contribution in [1.29, 1.82) is 0 Å². The summed E-state index contributed by atoms with van der Waals surface area (Å²) in [4.78, 5) is 36.3. The van der Waals surface area contributed by atoms with Crippen molar-refractivity contribution in [2.45, 2.75) is 103 Å². The second-order valence-corrected chi connectivity index (χ2v) is 14.9. The Morgan fingerprint density at radius 1 is 1.07 bits per heavy atom. The number of amides is 1. The third-order valence-corrected chi connectivity index (χ3v) is 10.0. The predicted octanol–water partition coefficient (Wildman–Crippen LogP) is 6.90. The molecule has 9 nitrogen and oxygen atoms in total. The SMILES string of the molecule is CC(C)(C)OC=O.CNC1CC2(C1)CC(N1C(=O)c3cccc(c3)SNc3nc(c(C)c(-c4c(C)cccc4C)n3)OCC1C)C2. The van der Waals surface area contributed by atoms with Gasteiger partial charge in [-0.1, -0.05) is 24.3 Å². The molecule has 2 saturated carbocycles. The third-order valence-electron chi connectivity index (χ3n) is 9.23. The van der Waals surface area contributed by atoms with E-state index in [-0.39, 0.29) is 23.6 Å². The third kappa shape index (κ3) is 7.33. The summed E-state index contributed by atoms with van der Waals surface area (Å²) in [6, 6.07) is 14.9. The highest BCUT2D eigenvalue weighted by Gasteiger charge is 2.55. The Labute approximate surface area is 277 Å². The molecule has 1 aromatic heterocycles. The van der Waals surface area contributed by atoms with E-state index in [9.17, 15) is 9.59 Å². The largest absolute Gasteiger partial charge is 0.475 e. The minimum absolute atomic E-state index is 0.0721. The Morgan fingerprint density at radius 3 is 2.35 bits per heavy atom. The van der Waals surface area contributed by atoms with Gasteiger partial charge < -0.3 is 19.7 Å². The van der Waals surface area contributed by atoms with Gasteiger partial charge in [0.15, 0.2) is 0 Å². The Kier molecular flexibility index (Phi) is 9.98. The number of anilines is 1. The average Bonchev–Trinajstić information content (AvgIpc) is 2.96. The molecule has 2 heterocycles. The number of carbonyl (C=O) groups is 2. The van der Waals surface area contributed by atoms with Crippen molar-refractivity contribution >= 4 is 30.3 Å². The summed E-state index contributed by atoms with van der Waals surface area (Å²) in [5, 5.41) is 3.40. The Hall–Kier alpha value is -3.63. The van der Waals surface area contributed by atoms with Crippen molar-refractivity contribution in [3.63, 3.8) is 0 Å². The van der Waals surface area contributed by atoms with E-state index >= 15 is 0 Å². The number of hydrogen-bond donors (Lipinski definition) is 2. The van der Waals surface area contributed by atoms with Crippen LogP contribution in [0.3, 0.4) is 0 Å². The van der Waals surface area contributed by atoms with E-state index in [4.69, 9.17) is 14.7 Å². The Morgan fingerprint density at radius 2 is 1.74 bits per heavy atom. The van der Waals surface area contributed by atoms with Crippen LogP contribution in [0.4, 0.5) is 5.95 Å². The van der Waals surface area contributed by atoms with Crippen LogP contribution in [-0.4, -0.2) is 64.6 Å². The van der Waals surface area contributed by atoms with Crippen molar-refractivity contribution in [1.82, 2.24) is 20.2 Å². The molecular formula is C36H47N5O4S. The number of rotatable bonds is 4. The molecule has 10 heteroatoms. The van der Waals surface area contributed by atoms with Crippen LogP contribution in [-0.2, 0) is 9.53 Å². The summed E-state index contributed by atoms with van der Waals surface area (Å²) in [5.74, 6) is 1.11. The van der Waals surface area contributed by atoms with Gasteiger partial charge in [0.1, 0.15) is 12.2 Å². The minimum atomic E-state index is -0.318. The number of ether oxygens (including phenoxy) is 2. The summed E-state index contributed by atoms with van der Waals surface area (Å²) in [6.07, 6.45) is 4.53. The van der Waals surface area contributed by atoms with Crippen LogP contribution in [0.25, 0.3) is 11.3 Å². The first-order valence-electron chi connectivity index (χ1n) is 16.1. The van der Waals surface area contributed by atoms with Gasteiger partial charge in [-0.3, -0.25) is 14.3 Å². The minimum Gasteiger partial charge on any atom is -0.475 e. The molecule has 4 bridgehead atoms. The zero-order valence-electron chi connectivity index (χ0n) is 28.3. The number of aryl methyl sites for hydroxylation is 2. The van der Waals surface area contributed by atoms with E-state index in [2.05, 4.69) is 58.6 Å².